The lowest BCUT2D eigenvalue weighted by atomic mass is 10.1. The molecule has 0 aliphatic heterocycles. The van der Waals surface area contributed by atoms with Gasteiger partial charge in [0.05, 0.1) is 5.56 Å². The van der Waals surface area contributed by atoms with Crippen molar-refractivity contribution < 1.29 is 13.2 Å². The van der Waals surface area contributed by atoms with E-state index >= 15 is 0 Å². The zero-order valence-electron chi connectivity index (χ0n) is 9.30. The fourth-order valence-electron chi connectivity index (χ4n) is 1.45. The smallest absolute Gasteiger partial charge is 0.373 e. The lowest BCUT2D eigenvalue weighted by Crippen LogP contribution is -2.28. The molecule has 0 fully saturated rings. The van der Waals surface area contributed by atoms with Gasteiger partial charge in [0.15, 0.2) is 0 Å². The van der Waals surface area contributed by atoms with Crippen LogP contribution >= 0.6 is 0 Å². The molecule has 0 amide bonds. The largest absolute Gasteiger partial charge is 0.418 e. The van der Waals surface area contributed by atoms with Crippen LogP contribution in [0.2, 0.25) is 0 Å². The highest BCUT2D eigenvalue weighted by Gasteiger charge is 2.33. The van der Waals surface area contributed by atoms with E-state index in [1.807, 2.05) is 0 Å². The van der Waals surface area contributed by atoms with E-state index in [9.17, 15) is 13.2 Å². The Bertz CT molecular complexity index is 336. The van der Waals surface area contributed by atoms with Crippen molar-refractivity contribution in [2.75, 3.05) is 32.1 Å². The van der Waals surface area contributed by atoms with E-state index in [0.717, 1.165) is 6.07 Å². The molecule has 5 heteroatoms. The summed E-state index contributed by atoms with van der Waals surface area (Å²) in [7, 11) is 3.42. The van der Waals surface area contributed by atoms with Crippen LogP contribution in [-0.2, 0) is 6.18 Å². The maximum atomic E-state index is 12.7. The summed E-state index contributed by atoms with van der Waals surface area (Å²) >= 11 is 0. The summed E-state index contributed by atoms with van der Waals surface area (Å²) in [5.41, 5.74) is -0.376. The number of hydrogen-bond donors (Lipinski definition) is 1. The monoisotopic (exact) mass is 232 g/mol. The van der Waals surface area contributed by atoms with E-state index in [4.69, 9.17) is 0 Å². The summed E-state index contributed by atoms with van der Waals surface area (Å²) in [6, 6.07) is 5.60. The Kier molecular flexibility index (Phi) is 4.18. The van der Waals surface area contributed by atoms with Crippen LogP contribution < -0.4 is 10.2 Å². The number of nitrogens with one attached hydrogen (secondary N) is 1. The molecule has 0 aromatic heterocycles. The zero-order chi connectivity index (χ0) is 12.2. The van der Waals surface area contributed by atoms with Crippen LogP contribution in [0.5, 0.6) is 0 Å². The number of halogens is 3. The topological polar surface area (TPSA) is 15.3 Å². The second kappa shape index (κ2) is 5.21. The van der Waals surface area contributed by atoms with Crippen LogP contribution in [0.4, 0.5) is 18.9 Å². The molecule has 0 spiro atoms. The number of nitrogens with zero attached hydrogens (tertiary/aromatic N) is 1. The third kappa shape index (κ3) is 3.13. The lowest BCUT2D eigenvalue weighted by molar-refractivity contribution is -0.137. The molecule has 1 aromatic carbocycles. The Hall–Kier alpha value is -1.23. The summed E-state index contributed by atoms with van der Waals surface area (Å²) in [5, 5.41) is 2.90. The fourth-order valence-corrected chi connectivity index (χ4v) is 1.45. The second-order valence-corrected chi connectivity index (χ2v) is 3.54. The first-order valence-electron chi connectivity index (χ1n) is 4.98. The van der Waals surface area contributed by atoms with Crippen LogP contribution in [0.1, 0.15) is 5.56 Å². The summed E-state index contributed by atoms with van der Waals surface area (Å²) < 4.78 is 38.1. The van der Waals surface area contributed by atoms with Gasteiger partial charge in [-0.2, -0.15) is 13.2 Å². The highest BCUT2D eigenvalue weighted by molar-refractivity contribution is 5.54. The van der Waals surface area contributed by atoms with Crippen molar-refractivity contribution in [2.24, 2.45) is 0 Å². The molecule has 1 aromatic rings. The van der Waals surface area contributed by atoms with Crippen molar-refractivity contribution in [1.29, 1.82) is 0 Å². The number of likely N-dealkylation sites (N-methyl/N-ethyl adjacent to an activating group) is 2. The zero-order valence-corrected chi connectivity index (χ0v) is 9.30. The molecule has 0 atom stereocenters. The number of alkyl halides is 3. The van der Waals surface area contributed by atoms with Gasteiger partial charge in [-0.05, 0) is 19.2 Å². The molecular formula is C11H15F3N2. The van der Waals surface area contributed by atoms with E-state index in [1.165, 1.54) is 12.1 Å². The standard InChI is InChI=1S/C11H15F3N2/c1-15-7-8-16(2)10-6-4-3-5-9(10)11(12,13)14/h3-6,15H,7-8H2,1-2H3. The minimum absolute atomic E-state index is 0.213. The summed E-state index contributed by atoms with van der Waals surface area (Å²) in [4.78, 5) is 1.60. The maximum absolute atomic E-state index is 12.7. The van der Waals surface area contributed by atoms with Crippen LogP contribution in [0, 0.1) is 0 Å². The van der Waals surface area contributed by atoms with Crippen molar-refractivity contribution in [3.05, 3.63) is 29.8 Å². The molecule has 0 saturated heterocycles. The van der Waals surface area contributed by atoms with Gasteiger partial charge >= 0.3 is 6.18 Å². The molecule has 0 heterocycles. The first-order chi connectivity index (χ1) is 7.46. The molecule has 0 saturated carbocycles. The van der Waals surface area contributed by atoms with Crippen LogP contribution in [-0.4, -0.2) is 27.2 Å². The van der Waals surface area contributed by atoms with Crippen molar-refractivity contribution in [1.82, 2.24) is 5.32 Å². The molecule has 1 N–H and O–H groups in total. The second-order valence-electron chi connectivity index (χ2n) is 3.54. The number of anilines is 1. The molecule has 0 aliphatic rings. The Labute approximate surface area is 93.1 Å². The Morgan fingerprint density at radius 3 is 2.44 bits per heavy atom. The molecule has 1 rings (SSSR count). The van der Waals surface area contributed by atoms with E-state index < -0.39 is 11.7 Å². The minimum atomic E-state index is -4.30. The van der Waals surface area contributed by atoms with Crippen LogP contribution in [0.25, 0.3) is 0 Å². The molecule has 0 radical (unpaired) electrons. The number of para-hydroxylation sites is 1. The number of rotatable bonds is 4. The van der Waals surface area contributed by atoms with Crippen molar-refractivity contribution >= 4 is 5.69 Å². The van der Waals surface area contributed by atoms with E-state index in [0.29, 0.717) is 13.1 Å². The molecular weight excluding hydrogens is 217 g/mol. The summed E-state index contributed by atoms with van der Waals surface area (Å²) in [6.45, 7) is 1.17. The molecule has 16 heavy (non-hydrogen) atoms. The van der Waals surface area contributed by atoms with Gasteiger partial charge in [0.2, 0.25) is 0 Å². The molecule has 0 bridgehead atoms. The van der Waals surface area contributed by atoms with Gasteiger partial charge < -0.3 is 10.2 Å². The predicted molar refractivity (Wildman–Crippen MR) is 58.6 cm³/mol. The molecule has 90 valence electrons. The van der Waals surface area contributed by atoms with E-state index in [1.54, 1.807) is 25.1 Å². The van der Waals surface area contributed by atoms with Gasteiger partial charge in [-0.25, -0.2) is 0 Å². The lowest BCUT2D eigenvalue weighted by Gasteiger charge is -2.23. The normalized spacial score (nSPS) is 11.6. The van der Waals surface area contributed by atoms with Crippen molar-refractivity contribution in [3.8, 4) is 0 Å². The average Bonchev–Trinajstić information content (AvgIpc) is 2.24. The summed E-state index contributed by atoms with van der Waals surface area (Å²) in [5.74, 6) is 0. The van der Waals surface area contributed by atoms with Crippen molar-refractivity contribution in [3.63, 3.8) is 0 Å². The van der Waals surface area contributed by atoms with Crippen molar-refractivity contribution in [2.45, 2.75) is 6.18 Å². The molecule has 2 nitrogen and oxygen atoms in total. The highest BCUT2D eigenvalue weighted by atomic mass is 19.4. The Morgan fingerprint density at radius 2 is 1.88 bits per heavy atom. The first-order valence-corrected chi connectivity index (χ1v) is 4.98. The van der Waals surface area contributed by atoms with Gasteiger partial charge in [0.25, 0.3) is 0 Å². The van der Waals surface area contributed by atoms with Crippen LogP contribution in [0.3, 0.4) is 0 Å². The fraction of sp³-hybridized carbons (Fsp3) is 0.455. The van der Waals surface area contributed by atoms with E-state index in [2.05, 4.69) is 5.32 Å². The summed E-state index contributed by atoms with van der Waals surface area (Å²) in [6.07, 6.45) is -4.30. The third-order valence-electron chi connectivity index (χ3n) is 2.32. The van der Waals surface area contributed by atoms with Crippen LogP contribution in [0.15, 0.2) is 24.3 Å². The quantitative estimate of drug-likeness (QED) is 0.857. The highest BCUT2D eigenvalue weighted by Crippen LogP contribution is 2.35. The van der Waals surface area contributed by atoms with Gasteiger partial charge in [-0.15, -0.1) is 0 Å². The Morgan fingerprint density at radius 1 is 1.25 bits per heavy atom. The third-order valence-corrected chi connectivity index (χ3v) is 2.32. The van der Waals surface area contributed by atoms with E-state index in [-0.39, 0.29) is 5.69 Å². The Balaban J connectivity index is 2.94. The van der Waals surface area contributed by atoms with Gasteiger partial charge in [-0.1, -0.05) is 12.1 Å². The minimum Gasteiger partial charge on any atom is -0.373 e. The molecule has 0 aliphatic carbocycles. The maximum Gasteiger partial charge on any atom is 0.418 e. The SMILES string of the molecule is CNCCN(C)c1ccccc1C(F)(F)F. The predicted octanol–water partition coefficient (Wildman–Crippen LogP) is 2.36. The van der Waals surface area contributed by atoms with Gasteiger partial charge in [0.1, 0.15) is 0 Å². The molecule has 0 unspecified atom stereocenters. The first kappa shape index (κ1) is 12.8. The average molecular weight is 232 g/mol. The number of benzene rings is 1. The van der Waals surface area contributed by atoms with Gasteiger partial charge in [-0.3, -0.25) is 0 Å². The number of hydrogen-bond acceptors (Lipinski definition) is 2. The van der Waals surface area contributed by atoms with Gasteiger partial charge in [0, 0.05) is 25.8 Å².